The van der Waals surface area contributed by atoms with E-state index in [0.29, 0.717) is 17.2 Å². The number of benzene rings is 1. The first kappa shape index (κ1) is 13.4. The Labute approximate surface area is 112 Å². The van der Waals surface area contributed by atoms with Crippen LogP contribution in [0.25, 0.3) is 11.3 Å². The Balaban J connectivity index is 2.38. The first-order valence-corrected chi connectivity index (χ1v) is 6.14. The number of hydrogen-bond donors (Lipinski definition) is 1. The van der Waals surface area contributed by atoms with Crippen LogP contribution < -0.4 is 15.2 Å². The standard InChI is InChI=1S/C14H18N2O3/c1-4-11(15)14-8-12(16-19-14)10-6-5-9(17-2)7-13(10)18-3/h5-8,11H,4,15H2,1-3H3. The van der Waals surface area contributed by atoms with Crippen LogP contribution in [-0.2, 0) is 0 Å². The zero-order chi connectivity index (χ0) is 13.8. The minimum atomic E-state index is -0.134. The molecule has 2 N–H and O–H groups in total. The van der Waals surface area contributed by atoms with Gasteiger partial charge in [-0.2, -0.15) is 0 Å². The molecule has 19 heavy (non-hydrogen) atoms. The third kappa shape index (κ3) is 2.71. The molecule has 1 unspecified atom stereocenters. The quantitative estimate of drug-likeness (QED) is 0.897. The van der Waals surface area contributed by atoms with Crippen molar-refractivity contribution in [1.29, 1.82) is 0 Å². The molecule has 2 rings (SSSR count). The summed E-state index contributed by atoms with van der Waals surface area (Å²) in [4.78, 5) is 0. The number of methoxy groups -OCH3 is 2. The van der Waals surface area contributed by atoms with Gasteiger partial charge in [-0.1, -0.05) is 12.1 Å². The van der Waals surface area contributed by atoms with E-state index in [1.807, 2.05) is 31.2 Å². The monoisotopic (exact) mass is 262 g/mol. The molecule has 1 aromatic carbocycles. The maximum absolute atomic E-state index is 5.92. The molecule has 102 valence electrons. The lowest BCUT2D eigenvalue weighted by Gasteiger charge is -2.07. The normalized spacial score (nSPS) is 12.2. The average Bonchev–Trinajstić information content (AvgIpc) is 2.95. The molecule has 5 nitrogen and oxygen atoms in total. The van der Waals surface area contributed by atoms with Crippen molar-refractivity contribution in [3.05, 3.63) is 30.0 Å². The van der Waals surface area contributed by atoms with Gasteiger partial charge in [-0.3, -0.25) is 0 Å². The molecule has 0 amide bonds. The molecule has 0 bridgehead atoms. The van der Waals surface area contributed by atoms with Gasteiger partial charge in [0.05, 0.1) is 20.3 Å². The summed E-state index contributed by atoms with van der Waals surface area (Å²) in [6.45, 7) is 2.00. The molecule has 5 heteroatoms. The Kier molecular flexibility index (Phi) is 4.06. The smallest absolute Gasteiger partial charge is 0.154 e. The van der Waals surface area contributed by atoms with Gasteiger partial charge in [0, 0.05) is 17.7 Å². The fraction of sp³-hybridized carbons (Fsp3) is 0.357. The number of ether oxygens (including phenoxy) is 2. The molecule has 0 aliphatic carbocycles. The van der Waals surface area contributed by atoms with Gasteiger partial charge in [-0.15, -0.1) is 0 Å². The first-order chi connectivity index (χ1) is 9.19. The molecule has 0 spiro atoms. The van der Waals surface area contributed by atoms with Crippen LogP contribution >= 0.6 is 0 Å². The van der Waals surface area contributed by atoms with Crippen LogP contribution in [-0.4, -0.2) is 19.4 Å². The highest BCUT2D eigenvalue weighted by atomic mass is 16.5. The summed E-state index contributed by atoms with van der Waals surface area (Å²) >= 11 is 0. The summed E-state index contributed by atoms with van der Waals surface area (Å²) in [7, 11) is 3.22. The van der Waals surface area contributed by atoms with Crippen LogP contribution in [0.1, 0.15) is 25.1 Å². The Morgan fingerprint density at radius 1 is 1.26 bits per heavy atom. The summed E-state index contributed by atoms with van der Waals surface area (Å²) in [6.07, 6.45) is 0.800. The van der Waals surface area contributed by atoms with Crippen molar-refractivity contribution >= 4 is 0 Å². The maximum Gasteiger partial charge on any atom is 0.154 e. The van der Waals surface area contributed by atoms with Crippen molar-refractivity contribution in [2.24, 2.45) is 5.73 Å². The molecule has 2 aromatic rings. The summed E-state index contributed by atoms with van der Waals surface area (Å²) in [5.74, 6) is 2.09. The molecular formula is C14H18N2O3. The van der Waals surface area contributed by atoms with Gasteiger partial charge in [0.25, 0.3) is 0 Å². The zero-order valence-corrected chi connectivity index (χ0v) is 11.3. The van der Waals surface area contributed by atoms with E-state index >= 15 is 0 Å². The number of hydrogen-bond acceptors (Lipinski definition) is 5. The second kappa shape index (κ2) is 5.75. The van der Waals surface area contributed by atoms with Crippen molar-refractivity contribution in [3.8, 4) is 22.8 Å². The lowest BCUT2D eigenvalue weighted by Crippen LogP contribution is -2.06. The van der Waals surface area contributed by atoms with E-state index in [0.717, 1.165) is 17.7 Å². The highest BCUT2D eigenvalue weighted by Crippen LogP contribution is 2.33. The summed E-state index contributed by atoms with van der Waals surface area (Å²) < 4.78 is 15.8. The van der Waals surface area contributed by atoms with Crippen LogP contribution in [0.4, 0.5) is 0 Å². The van der Waals surface area contributed by atoms with Gasteiger partial charge < -0.3 is 19.7 Å². The van der Waals surface area contributed by atoms with Gasteiger partial charge in [0.2, 0.25) is 0 Å². The molecule has 1 heterocycles. The molecular weight excluding hydrogens is 244 g/mol. The maximum atomic E-state index is 5.92. The second-order valence-corrected chi connectivity index (χ2v) is 4.20. The second-order valence-electron chi connectivity index (χ2n) is 4.20. The Morgan fingerprint density at radius 3 is 2.68 bits per heavy atom. The molecule has 0 radical (unpaired) electrons. The van der Waals surface area contributed by atoms with E-state index < -0.39 is 0 Å². The number of aromatic nitrogens is 1. The van der Waals surface area contributed by atoms with Crippen LogP contribution in [0.2, 0.25) is 0 Å². The van der Waals surface area contributed by atoms with Gasteiger partial charge in [0.1, 0.15) is 17.2 Å². The summed E-state index contributed by atoms with van der Waals surface area (Å²) in [6, 6.07) is 7.26. The highest BCUT2D eigenvalue weighted by molar-refractivity contribution is 5.68. The SMILES string of the molecule is CCC(N)c1cc(-c2ccc(OC)cc2OC)no1. The van der Waals surface area contributed by atoms with Crippen molar-refractivity contribution < 1.29 is 14.0 Å². The Bertz CT molecular complexity index is 551. The van der Waals surface area contributed by atoms with Gasteiger partial charge >= 0.3 is 0 Å². The van der Waals surface area contributed by atoms with Gasteiger partial charge in [-0.05, 0) is 18.6 Å². The highest BCUT2D eigenvalue weighted by Gasteiger charge is 2.15. The number of nitrogens with zero attached hydrogens (tertiary/aromatic N) is 1. The predicted octanol–water partition coefficient (Wildman–Crippen LogP) is 2.77. The number of nitrogens with two attached hydrogens (primary N) is 1. The van der Waals surface area contributed by atoms with E-state index in [9.17, 15) is 0 Å². The van der Waals surface area contributed by atoms with Crippen molar-refractivity contribution in [2.45, 2.75) is 19.4 Å². The summed E-state index contributed by atoms with van der Waals surface area (Å²) in [5.41, 5.74) is 7.47. The molecule has 1 aromatic heterocycles. The molecule has 0 aliphatic heterocycles. The topological polar surface area (TPSA) is 70.5 Å². The van der Waals surface area contributed by atoms with Crippen molar-refractivity contribution in [1.82, 2.24) is 5.16 Å². The van der Waals surface area contributed by atoms with Crippen LogP contribution in [0, 0.1) is 0 Å². The molecule has 0 saturated carbocycles. The van der Waals surface area contributed by atoms with Crippen LogP contribution in [0.5, 0.6) is 11.5 Å². The van der Waals surface area contributed by atoms with Crippen LogP contribution in [0.15, 0.2) is 28.8 Å². The van der Waals surface area contributed by atoms with E-state index in [1.54, 1.807) is 14.2 Å². The third-order valence-corrected chi connectivity index (χ3v) is 3.02. The first-order valence-electron chi connectivity index (χ1n) is 6.14. The average molecular weight is 262 g/mol. The lowest BCUT2D eigenvalue weighted by atomic mass is 10.1. The van der Waals surface area contributed by atoms with Crippen LogP contribution in [0.3, 0.4) is 0 Å². The zero-order valence-electron chi connectivity index (χ0n) is 11.3. The largest absolute Gasteiger partial charge is 0.497 e. The number of rotatable bonds is 5. The lowest BCUT2D eigenvalue weighted by molar-refractivity contribution is 0.359. The van der Waals surface area contributed by atoms with E-state index in [1.165, 1.54) is 0 Å². The fourth-order valence-electron chi connectivity index (χ4n) is 1.80. The van der Waals surface area contributed by atoms with Gasteiger partial charge in [0.15, 0.2) is 5.76 Å². The summed E-state index contributed by atoms with van der Waals surface area (Å²) in [5, 5.41) is 4.04. The minimum absolute atomic E-state index is 0.134. The van der Waals surface area contributed by atoms with E-state index in [2.05, 4.69) is 5.16 Å². The third-order valence-electron chi connectivity index (χ3n) is 3.02. The van der Waals surface area contributed by atoms with Gasteiger partial charge in [-0.25, -0.2) is 0 Å². The van der Waals surface area contributed by atoms with E-state index in [4.69, 9.17) is 19.7 Å². The molecule has 0 saturated heterocycles. The predicted molar refractivity (Wildman–Crippen MR) is 72.3 cm³/mol. The molecule has 0 fully saturated rings. The molecule has 0 aliphatic rings. The minimum Gasteiger partial charge on any atom is -0.497 e. The van der Waals surface area contributed by atoms with Crippen molar-refractivity contribution in [3.63, 3.8) is 0 Å². The fourth-order valence-corrected chi connectivity index (χ4v) is 1.80. The van der Waals surface area contributed by atoms with Crippen molar-refractivity contribution in [2.75, 3.05) is 14.2 Å². The molecule has 1 atom stereocenters. The van der Waals surface area contributed by atoms with E-state index in [-0.39, 0.29) is 6.04 Å². The Morgan fingerprint density at radius 2 is 2.05 bits per heavy atom. The Hall–Kier alpha value is -2.01.